The Morgan fingerprint density at radius 2 is 1.78 bits per heavy atom. The molecule has 0 radical (unpaired) electrons. The van der Waals surface area contributed by atoms with Crippen LogP contribution in [0.1, 0.15) is 20.8 Å². The fourth-order valence-electron chi connectivity index (χ4n) is 0.485. The van der Waals surface area contributed by atoms with Crippen molar-refractivity contribution in [3.8, 4) is 0 Å². The highest BCUT2D eigenvalue weighted by molar-refractivity contribution is 7.58. The van der Waals surface area contributed by atoms with Crippen molar-refractivity contribution in [1.82, 2.24) is 0 Å². The predicted molar refractivity (Wildman–Crippen MR) is 44.5 cm³/mol. The molecule has 0 rings (SSSR count). The summed E-state index contributed by atoms with van der Waals surface area (Å²) in [6, 6.07) is 0. The molecule has 0 aromatic heterocycles. The van der Waals surface area contributed by atoms with E-state index in [9.17, 15) is 0 Å². The first-order valence-corrected chi connectivity index (χ1v) is 5.28. The minimum Gasteiger partial charge on any atom is -0.396 e. The van der Waals surface area contributed by atoms with Crippen LogP contribution in [0, 0.1) is 0 Å². The van der Waals surface area contributed by atoms with Gasteiger partial charge in [0.1, 0.15) is 0 Å². The molecule has 1 N–H and O–H groups in total. The van der Waals surface area contributed by atoms with E-state index in [0.29, 0.717) is 11.8 Å². The summed E-state index contributed by atoms with van der Waals surface area (Å²) >= 11 is 0. The largest absolute Gasteiger partial charge is 0.396 e. The van der Waals surface area contributed by atoms with Crippen LogP contribution in [0.5, 0.6) is 0 Å². The van der Waals surface area contributed by atoms with E-state index in [1.54, 1.807) is 0 Å². The van der Waals surface area contributed by atoms with E-state index in [2.05, 4.69) is 27.4 Å². The molecule has 0 aromatic carbocycles. The van der Waals surface area contributed by atoms with Gasteiger partial charge in [-0.1, -0.05) is 20.8 Å². The van der Waals surface area contributed by atoms with Gasteiger partial charge in [0, 0.05) is 6.61 Å². The van der Waals surface area contributed by atoms with Gasteiger partial charge < -0.3 is 5.11 Å². The summed E-state index contributed by atoms with van der Waals surface area (Å²) in [6.45, 7) is 9.28. The Labute approximate surface area is 59.2 Å². The second-order valence-corrected chi connectivity index (χ2v) is 6.50. The maximum atomic E-state index is 8.62. The molecule has 0 aromatic rings. The zero-order chi connectivity index (χ0) is 7.49. The van der Waals surface area contributed by atoms with E-state index in [-0.39, 0.29) is 7.92 Å². The van der Waals surface area contributed by atoms with E-state index >= 15 is 0 Å². The molecule has 1 atom stereocenters. The lowest BCUT2D eigenvalue weighted by Gasteiger charge is -2.26. The smallest absolute Gasteiger partial charge is 0.0470 e. The molecule has 9 heavy (non-hydrogen) atoms. The van der Waals surface area contributed by atoms with Crippen LogP contribution in [0.4, 0.5) is 0 Å². The van der Waals surface area contributed by atoms with Crippen molar-refractivity contribution < 1.29 is 5.11 Å². The average molecular weight is 148 g/mol. The Bertz CT molecular complexity index is 75.5. The Hall–Kier alpha value is 0.390. The summed E-state index contributed by atoms with van der Waals surface area (Å²) in [6.07, 6.45) is 0.985. The zero-order valence-electron chi connectivity index (χ0n) is 6.81. The molecule has 0 fully saturated rings. The topological polar surface area (TPSA) is 20.2 Å². The van der Waals surface area contributed by atoms with Gasteiger partial charge in [0.15, 0.2) is 0 Å². The van der Waals surface area contributed by atoms with Crippen molar-refractivity contribution in [1.29, 1.82) is 0 Å². The van der Waals surface area contributed by atoms with Crippen LogP contribution in [0.3, 0.4) is 0 Å². The number of hydrogen-bond donors (Lipinski definition) is 1. The molecule has 56 valence electrons. The van der Waals surface area contributed by atoms with Gasteiger partial charge in [-0.25, -0.2) is 0 Å². The van der Waals surface area contributed by atoms with Crippen LogP contribution in [0.2, 0.25) is 0 Å². The second kappa shape index (κ2) is 3.53. The second-order valence-electron chi connectivity index (χ2n) is 3.32. The fraction of sp³-hybridized carbons (Fsp3) is 1.00. The van der Waals surface area contributed by atoms with Crippen molar-refractivity contribution in [3.63, 3.8) is 0 Å². The van der Waals surface area contributed by atoms with Crippen LogP contribution < -0.4 is 0 Å². The minimum absolute atomic E-state index is 0.0283. The van der Waals surface area contributed by atoms with Gasteiger partial charge >= 0.3 is 0 Å². The first-order chi connectivity index (χ1) is 3.98. The molecule has 0 saturated heterocycles. The van der Waals surface area contributed by atoms with Gasteiger partial charge in [-0.2, -0.15) is 0 Å². The van der Waals surface area contributed by atoms with Gasteiger partial charge in [0.25, 0.3) is 0 Å². The van der Waals surface area contributed by atoms with Crippen LogP contribution in [-0.2, 0) is 0 Å². The van der Waals surface area contributed by atoms with Crippen LogP contribution in [0.25, 0.3) is 0 Å². The molecule has 0 saturated carbocycles. The lowest BCUT2D eigenvalue weighted by Crippen LogP contribution is -2.13. The van der Waals surface area contributed by atoms with Gasteiger partial charge in [0.2, 0.25) is 0 Å². The first-order valence-electron chi connectivity index (χ1n) is 3.30. The molecule has 2 heteroatoms. The Kier molecular flexibility index (Phi) is 3.68. The summed E-state index contributed by atoms with van der Waals surface area (Å²) < 4.78 is 0. The fourth-order valence-corrected chi connectivity index (χ4v) is 1.46. The monoisotopic (exact) mass is 148 g/mol. The predicted octanol–water partition coefficient (Wildman–Crippen LogP) is 1.89. The number of hydrogen-bond acceptors (Lipinski definition) is 1. The Balaban J connectivity index is 3.59. The van der Waals surface area contributed by atoms with E-state index in [1.165, 1.54) is 0 Å². The van der Waals surface area contributed by atoms with Crippen molar-refractivity contribution in [2.45, 2.75) is 25.9 Å². The maximum absolute atomic E-state index is 8.62. The molecular weight excluding hydrogens is 131 g/mol. The number of aliphatic hydroxyl groups is 1. The molecule has 0 bridgehead atoms. The molecule has 1 nitrogen and oxygen atoms in total. The summed E-state index contributed by atoms with van der Waals surface area (Å²) in [5.41, 5.74) is 0. The zero-order valence-corrected chi connectivity index (χ0v) is 7.70. The third kappa shape index (κ3) is 3.89. The third-order valence-corrected chi connectivity index (χ3v) is 4.74. The standard InChI is InChI=1S/C7H17OP/c1-7(2,3)9(4)6-5-8/h8H,5-6H2,1-4H3/t9-/m0/s1. The molecule has 0 aliphatic carbocycles. The van der Waals surface area contributed by atoms with Crippen LogP contribution >= 0.6 is 7.92 Å². The van der Waals surface area contributed by atoms with E-state index in [0.717, 1.165) is 6.16 Å². The summed E-state index contributed by atoms with van der Waals surface area (Å²) in [7, 11) is 0.0283. The normalized spacial score (nSPS) is 15.7. The SMILES string of the molecule is C[P@@](CCO)C(C)(C)C. The first kappa shape index (κ1) is 9.39. The van der Waals surface area contributed by atoms with Gasteiger partial charge in [-0.15, -0.1) is 7.92 Å². The van der Waals surface area contributed by atoms with Gasteiger partial charge in [-0.3, -0.25) is 0 Å². The summed E-state index contributed by atoms with van der Waals surface area (Å²) in [4.78, 5) is 0. The molecule has 0 unspecified atom stereocenters. The van der Waals surface area contributed by atoms with Crippen molar-refractivity contribution in [3.05, 3.63) is 0 Å². The van der Waals surface area contributed by atoms with Crippen molar-refractivity contribution >= 4 is 7.92 Å². The van der Waals surface area contributed by atoms with Gasteiger partial charge in [0.05, 0.1) is 0 Å². The van der Waals surface area contributed by atoms with Gasteiger partial charge in [-0.05, 0) is 18.0 Å². The maximum Gasteiger partial charge on any atom is 0.0470 e. The molecule has 0 amide bonds. The highest BCUT2D eigenvalue weighted by Crippen LogP contribution is 2.44. The Morgan fingerprint density at radius 3 is 1.89 bits per heavy atom. The highest BCUT2D eigenvalue weighted by Gasteiger charge is 2.17. The molecule has 0 spiro atoms. The van der Waals surface area contributed by atoms with E-state index in [4.69, 9.17) is 5.11 Å². The lowest BCUT2D eigenvalue weighted by atomic mass is 10.3. The van der Waals surface area contributed by atoms with E-state index < -0.39 is 0 Å². The minimum atomic E-state index is 0.0283. The molecule has 0 aliphatic heterocycles. The van der Waals surface area contributed by atoms with Crippen LogP contribution in [0.15, 0.2) is 0 Å². The number of aliphatic hydroxyl groups excluding tert-OH is 1. The molecular formula is C7H17OP. The third-order valence-electron chi connectivity index (χ3n) is 1.58. The lowest BCUT2D eigenvalue weighted by molar-refractivity contribution is 0.321. The highest BCUT2D eigenvalue weighted by atomic mass is 31.1. The van der Waals surface area contributed by atoms with E-state index in [1.807, 2.05) is 0 Å². The Morgan fingerprint density at radius 1 is 1.33 bits per heavy atom. The quantitative estimate of drug-likeness (QED) is 0.593. The average Bonchev–Trinajstić information content (AvgIpc) is 1.64. The summed E-state index contributed by atoms with van der Waals surface area (Å²) in [5, 5.41) is 9.03. The van der Waals surface area contributed by atoms with Crippen molar-refractivity contribution in [2.24, 2.45) is 0 Å². The number of rotatable bonds is 2. The molecule has 0 heterocycles. The summed E-state index contributed by atoms with van der Waals surface area (Å²) in [5.74, 6) is 0. The molecule has 0 aliphatic rings. The van der Waals surface area contributed by atoms with Crippen LogP contribution in [-0.4, -0.2) is 29.7 Å². The van der Waals surface area contributed by atoms with Crippen molar-refractivity contribution in [2.75, 3.05) is 19.4 Å².